The summed E-state index contributed by atoms with van der Waals surface area (Å²) in [6.45, 7) is 0.719. The van der Waals surface area contributed by atoms with E-state index < -0.39 is 10.0 Å². The fraction of sp³-hybridized carbons (Fsp3) is 0.214. The molecule has 23 heavy (non-hydrogen) atoms. The van der Waals surface area contributed by atoms with Gasteiger partial charge in [-0.3, -0.25) is 4.98 Å². The van der Waals surface area contributed by atoms with Gasteiger partial charge in [0.15, 0.2) is 0 Å². The van der Waals surface area contributed by atoms with Gasteiger partial charge in [-0.25, -0.2) is 8.42 Å². The molecule has 1 aliphatic rings. The third-order valence-corrected chi connectivity index (χ3v) is 6.87. The van der Waals surface area contributed by atoms with Gasteiger partial charge >= 0.3 is 0 Å². The standard InChI is InChI=1S/C14H12N4O3S2/c19-23(20,12-2-1-7-22-12)18-8-11(9-18)14-16-13(17-21-14)10-3-5-15-6-4-10/h1-7,11H,8-9H2. The van der Waals surface area contributed by atoms with Gasteiger partial charge in [-0.1, -0.05) is 11.2 Å². The van der Waals surface area contributed by atoms with Gasteiger partial charge in [-0.2, -0.15) is 9.29 Å². The van der Waals surface area contributed by atoms with E-state index in [1.807, 2.05) is 0 Å². The number of nitrogens with zero attached hydrogens (tertiary/aromatic N) is 4. The number of sulfonamides is 1. The Morgan fingerprint density at radius 2 is 2.00 bits per heavy atom. The molecule has 0 saturated carbocycles. The highest BCUT2D eigenvalue weighted by atomic mass is 32.2. The molecule has 7 nitrogen and oxygen atoms in total. The second kappa shape index (κ2) is 5.52. The average molecular weight is 348 g/mol. The van der Waals surface area contributed by atoms with Gasteiger partial charge < -0.3 is 4.52 Å². The van der Waals surface area contributed by atoms with E-state index in [0.717, 1.165) is 5.56 Å². The van der Waals surface area contributed by atoms with Gasteiger partial charge in [0.25, 0.3) is 10.0 Å². The molecule has 1 saturated heterocycles. The molecule has 3 aromatic rings. The van der Waals surface area contributed by atoms with Crippen LogP contribution < -0.4 is 0 Å². The number of aromatic nitrogens is 3. The predicted octanol–water partition coefficient (Wildman–Crippen LogP) is 1.98. The zero-order chi connectivity index (χ0) is 15.9. The summed E-state index contributed by atoms with van der Waals surface area (Å²) in [5.74, 6) is 0.893. The van der Waals surface area contributed by atoms with Crippen molar-refractivity contribution in [3.8, 4) is 11.4 Å². The molecule has 1 aliphatic heterocycles. The van der Waals surface area contributed by atoms with Crippen LogP contribution in [-0.4, -0.2) is 40.9 Å². The summed E-state index contributed by atoms with van der Waals surface area (Å²) in [6, 6.07) is 6.93. The highest BCUT2D eigenvalue weighted by molar-refractivity contribution is 7.91. The van der Waals surface area contributed by atoms with Gasteiger partial charge in [0.05, 0.1) is 5.92 Å². The molecule has 3 aromatic heterocycles. The molecule has 0 radical (unpaired) electrons. The van der Waals surface area contributed by atoms with E-state index >= 15 is 0 Å². The topological polar surface area (TPSA) is 89.2 Å². The van der Waals surface area contributed by atoms with Crippen molar-refractivity contribution in [2.24, 2.45) is 0 Å². The Balaban J connectivity index is 1.48. The highest BCUT2D eigenvalue weighted by Gasteiger charge is 2.40. The van der Waals surface area contributed by atoms with E-state index in [1.54, 1.807) is 42.0 Å². The normalized spacial score (nSPS) is 16.3. The molecule has 9 heteroatoms. The summed E-state index contributed by atoms with van der Waals surface area (Å²) in [4.78, 5) is 8.30. The summed E-state index contributed by atoms with van der Waals surface area (Å²) in [7, 11) is -3.39. The van der Waals surface area contributed by atoms with Crippen molar-refractivity contribution in [2.45, 2.75) is 10.1 Å². The Hall–Kier alpha value is -2.10. The van der Waals surface area contributed by atoms with Crippen molar-refractivity contribution in [1.82, 2.24) is 19.4 Å². The zero-order valence-electron chi connectivity index (χ0n) is 11.9. The summed E-state index contributed by atoms with van der Waals surface area (Å²) >= 11 is 1.22. The fourth-order valence-corrected chi connectivity index (χ4v) is 5.02. The molecular formula is C14H12N4O3S2. The second-order valence-electron chi connectivity index (χ2n) is 5.14. The first-order chi connectivity index (χ1) is 11.1. The Morgan fingerprint density at radius 3 is 2.70 bits per heavy atom. The van der Waals surface area contributed by atoms with Crippen LogP contribution >= 0.6 is 11.3 Å². The lowest BCUT2D eigenvalue weighted by atomic mass is 10.0. The first kappa shape index (κ1) is 14.5. The molecule has 118 valence electrons. The largest absolute Gasteiger partial charge is 0.339 e. The minimum atomic E-state index is -3.39. The van der Waals surface area contributed by atoms with E-state index in [2.05, 4.69) is 15.1 Å². The van der Waals surface area contributed by atoms with Crippen LogP contribution in [0.1, 0.15) is 11.8 Å². The number of rotatable bonds is 4. The molecule has 4 rings (SSSR count). The lowest BCUT2D eigenvalue weighted by Gasteiger charge is -2.35. The SMILES string of the molecule is O=S(=O)(c1cccs1)N1CC(c2nc(-c3ccncc3)no2)C1. The quantitative estimate of drug-likeness (QED) is 0.716. The van der Waals surface area contributed by atoms with Crippen LogP contribution in [0.3, 0.4) is 0 Å². The molecule has 0 atom stereocenters. The van der Waals surface area contributed by atoms with Gasteiger partial charge in [0, 0.05) is 31.0 Å². The first-order valence-electron chi connectivity index (χ1n) is 6.92. The molecule has 0 aliphatic carbocycles. The van der Waals surface area contributed by atoms with Crippen molar-refractivity contribution in [1.29, 1.82) is 0 Å². The van der Waals surface area contributed by atoms with E-state index in [9.17, 15) is 8.42 Å². The first-order valence-corrected chi connectivity index (χ1v) is 9.24. The number of pyridine rings is 1. The molecule has 0 spiro atoms. The van der Waals surface area contributed by atoms with E-state index in [4.69, 9.17) is 4.52 Å². The molecule has 0 N–H and O–H groups in total. The molecule has 0 amide bonds. The summed E-state index contributed by atoms with van der Waals surface area (Å²) in [6.07, 6.45) is 3.31. The highest BCUT2D eigenvalue weighted by Crippen LogP contribution is 2.33. The Morgan fingerprint density at radius 1 is 1.22 bits per heavy atom. The van der Waals surface area contributed by atoms with Gasteiger partial charge in [-0.05, 0) is 23.6 Å². The van der Waals surface area contributed by atoms with Crippen molar-refractivity contribution in [2.75, 3.05) is 13.1 Å². The van der Waals surface area contributed by atoms with Crippen LogP contribution in [0.15, 0.2) is 50.8 Å². The monoisotopic (exact) mass is 348 g/mol. The van der Waals surface area contributed by atoms with Crippen LogP contribution in [-0.2, 0) is 10.0 Å². The van der Waals surface area contributed by atoms with Crippen LogP contribution in [0.4, 0.5) is 0 Å². The smallest absolute Gasteiger partial charge is 0.252 e. The average Bonchev–Trinajstić information content (AvgIpc) is 3.18. The fourth-order valence-electron chi connectivity index (χ4n) is 2.35. The number of thiophene rings is 1. The van der Waals surface area contributed by atoms with Crippen LogP contribution in [0.2, 0.25) is 0 Å². The van der Waals surface area contributed by atoms with E-state index in [0.29, 0.717) is 29.0 Å². The van der Waals surface area contributed by atoms with E-state index in [-0.39, 0.29) is 5.92 Å². The molecule has 1 fully saturated rings. The predicted molar refractivity (Wildman–Crippen MR) is 83.3 cm³/mol. The summed E-state index contributed by atoms with van der Waals surface area (Å²) in [5.41, 5.74) is 0.817. The molecule has 0 unspecified atom stereocenters. The van der Waals surface area contributed by atoms with Gasteiger partial charge in [0.2, 0.25) is 11.7 Å². The van der Waals surface area contributed by atoms with Crippen molar-refractivity contribution < 1.29 is 12.9 Å². The molecular weight excluding hydrogens is 336 g/mol. The molecule has 4 heterocycles. The minimum Gasteiger partial charge on any atom is -0.339 e. The third kappa shape index (κ3) is 2.56. The van der Waals surface area contributed by atoms with Crippen molar-refractivity contribution in [3.05, 3.63) is 47.9 Å². The minimum absolute atomic E-state index is 0.0622. The third-order valence-electron chi connectivity index (χ3n) is 3.67. The lowest BCUT2D eigenvalue weighted by Crippen LogP contribution is -2.48. The van der Waals surface area contributed by atoms with Crippen molar-refractivity contribution >= 4 is 21.4 Å². The summed E-state index contributed by atoms with van der Waals surface area (Å²) < 4.78 is 31.7. The maximum absolute atomic E-state index is 12.3. The number of hydrogen-bond donors (Lipinski definition) is 0. The second-order valence-corrected chi connectivity index (χ2v) is 8.26. The Bertz CT molecular complexity index is 901. The van der Waals surface area contributed by atoms with Gasteiger partial charge in [0.1, 0.15) is 4.21 Å². The van der Waals surface area contributed by atoms with Crippen LogP contribution in [0.5, 0.6) is 0 Å². The maximum atomic E-state index is 12.3. The van der Waals surface area contributed by atoms with Crippen LogP contribution in [0, 0.1) is 0 Å². The van der Waals surface area contributed by atoms with Crippen LogP contribution in [0.25, 0.3) is 11.4 Å². The molecule has 0 bridgehead atoms. The Kier molecular flexibility index (Phi) is 3.47. The number of hydrogen-bond acceptors (Lipinski definition) is 7. The van der Waals surface area contributed by atoms with E-state index in [1.165, 1.54) is 15.6 Å². The van der Waals surface area contributed by atoms with Crippen molar-refractivity contribution in [3.63, 3.8) is 0 Å². The molecule has 0 aromatic carbocycles. The maximum Gasteiger partial charge on any atom is 0.252 e. The van der Waals surface area contributed by atoms with Gasteiger partial charge in [-0.15, -0.1) is 11.3 Å². The zero-order valence-corrected chi connectivity index (χ0v) is 13.5. The Labute approximate surface area is 136 Å². The summed E-state index contributed by atoms with van der Waals surface area (Å²) in [5, 5.41) is 5.70. The lowest BCUT2D eigenvalue weighted by molar-refractivity contribution is 0.217.